The molecule has 1 heterocycles. The topological polar surface area (TPSA) is 60.7 Å². The first-order chi connectivity index (χ1) is 16.0. The number of furan rings is 1. The molecule has 4 rings (SSSR count). The van der Waals surface area contributed by atoms with Gasteiger partial charge < -0.3 is 19.2 Å². The molecule has 0 unspecified atom stereocenters. The lowest BCUT2D eigenvalue weighted by molar-refractivity contribution is -0.111. The minimum absolute atomic E-state index is 0.260. The van der Waals surface area contributed by atoms with Crippen LogP contribution in [0.4, 0.5) is 5.69 Å². The highest BCUT2D eigenvalue weighted by Gasteiger charge is 2.16. The van der Waals surface area contributed by atoms with Crippen LogP contribution in [0.1, 0.15) is 19.4 Å². The van der Waals surface area contributed by atoms with Gasteiger partial charge in [-0.05, 0) is 55.3 Å². The second kappa shape index (κ2) is 9.84. The Kier molecular flexibility index (Phi) is 6.71. The number of carbonyl (C=O) groups excluding carboxylic acids is 1. The summed E-state index contributed by atoms with van der Waals surface area (Å²) in [4.78, 5) is 12.8. The lowest BCUT2D eigenvalue weighted by Crippen LogP contribution is -2.09. The van der Waals surface area contributed by atoms with Crippen molar-refractivity contribution >= 4 is 39.7 Å². The normalized spacial score (nSPS) is 11.5. The quantitative estimate of drug-likeness (QED) is 0.295. The largest absolute Gasteiger partial charge is 0.495 e. The van der Waals surface area contributed by atoms with Crippen LogP contribution in [0.15, 0.2) is 77.4 Å². The van der Waals surface area contributed by atoms with E-state index in [0.717, 1.165) is 27.6 Å². The maximum Gasteiger partial charge on any atom is 0.248 e. The number of nitrogens with one attached hydrogen (secondary N) is 1. The molecule has 5 nitrogen and oxygen atoms in total. The van der Waals surface area contributed by atoms with E-state index in [9.17, 15) is 4.79 Å². The molecule has 0 fully saturated rings. The van der Waals surface area contributed by atoms with Crippen molar-refractivity contribution in [3.05, 3.63) is 83.6 Å². The smallest absolute Gasteiger partial charge is 0.248 e. The van der Waals surface area contributed by atoms with E-state index < -0.39 is 0 Å². The van der Waals surface area contributed by atoms with Gasteiger partial charge in [0, 0.05) is 33.7 Å². The molecule has 0 aliphatic heterocycles. The van der Waals surface area contributed by atoms with E-state index in [1.54, 1.807) is 31.6 Å². The molecule has 0 radical (unpaired) electrons. The SMILES string of the molecule is CCOc1cc2occ(-c3ccc(Cl)cc3)c2cc1/C(C)=C/C(=O)Nc1ccccc1OC. The Bertz CT molecular complexity index is 1320. The number of hydrogen-bond donors (Lipinski definition) is 1. The van der Waals surface area contributed by atoms with Crippen molar-refractivity contribution in [2.45, 2.75) is 13.8 Å². The Labute approximate surface area is 197 Å². The Morgan fingerprint density at radius 3 is 2.58 bits per heavy atom. The molecular weight excluding hydrogens is 438 g/mol. The summed E-state index contributed by atoms with van der Waals surface area (Å²) in [7, 11) is 1.57. The Hall–Kier alpha value is -3.70. The van der Waals surface area contributed by atoms with Gasteiger partial charge in [0.05, 0.1) is 25.7 Å². The number of carbonyl (C=O) groups is 1. The van der Waals surface area contributed by atoms with Gasteiger partial charge in [-0.3, -0.25) is 4.79 Å². The molecule has 0 aliphatic rings. The van der Waals surface area contributed by atoms with Crippen molar-refractivity contribution < 1.29 is 18.7 Å². The second-order valence-electron chi connectivity index (χ2n) is 7.45. The van der Waals surface area contributed by atoms with E-state index in [2.05, 4.69) is 5.32 Å². The fourth-order valence-corrected chi connectivity index (χ4v) is 3.81. The first kappa shape index (κ1) is 22.5. The van der Waals surface area contributed by atoms with E-state index in [0.29, 0.717) is 34.4 Å². The number of ether oxygens (including phenoxy) is 2. The van der Waals surface area contributed by atoms with Gasteiger partial charge in [-0.25, -0.2) is 0 Å². The van der Waals surface area contributed by atoms with Crippen LogP contribution >= 0.6 is 11.6 Å². The molecule has 4 aromatic rings. The number of anilines is 1. The van der Waals surface area contributed by atoms with Crippen molar-refractivity contribution in [1.82, 2.24) is 0 Å². The monoisotopic (exact) mass is 461 g/mol. The van der Waals surface area contributed by atoms with Crippen molar-refractivity contribution in [1.29, 1.82) is 0 Å². The second-order valence-corrected chi connectivity index (χ2v) is 7.89. The molecule has 1 aromatic heterocycles. The highest BCUT2D eigenvalue weighted by molar-refractivity contribution is 6.30. The van der Waals surface area contributed by atoms with Gasteiger partial charge >= 0.3 is 0 Å². The van der Waals surface area contributed by atoms with E-state index in [4.69, 9.17) is 25.5 Å². The van der Waals surface area contributed by atoms with E-state index >= 15 is 0 Å². The lowest BCUT2D eigenvalue weighted by atomic mass is 9.99. The van der Waals surface area contributed by atoms with Crippen LogP contribution in [0.5, 0.6) is 11.5 Å². The minimum atomic E-state index is -0.260. The molecule has 0 saturated carbocycles. The summed E-state index contributed by atoms with van der Waals surface area (Å²) in [5.41, 5.74) is 4.82. The van der Waals surface area contributed by atoms with Gasteiger partial charge in [-0.15, -0.1) is 0 Å². The maximum absolute atomic E-state index is 12.8. The molecule has 0 spiro atoms. The first-order valence-electron chi connectivity index (χ1n) is 10.6. The molecule has 3 aromatic carbocycles. The number of fused-ring (bicyclic) bond motifs is 1. The van der Waals surface area contributed by atoms with Crippen LogP contribution in [0, 0.1) is 0 Å². The van der Waals surface area contributed by atoms with Crippen LogP contribution in [-0.4, -0.2) is 19.6 Å². The van der Waals surface area contributed by atoms with E-state index in [1.807, 2.05) is 62.4 Å². The molecular formula is C27H24ClNO4. The van der Waals surface area contributed by atoms with Gasteiger partial charge in [0.25, 0.3) is 0 Å². The van der Waals surface area contributed by atoms with E-state index in [-0.39, 0.29) is 5.91 Å². The van der Waals surface area contributed by atoms with Crippen molar-refractivity contribution in [3.63, 3.8) is 0 Å². The van der Waals surface area contributed by atoms with E-state index in [1.165, 1.54) is 0 Å². The fraction of sp³-hybridized carbons (Fsp3) is 0.148. The minimum Gasteiger partial charge on any atom is -0.495 e. The molecule has 1 amide bonds. The zero-order chi connectivity index (χ0) is 23.4. The summed E-state index contributed by atoms with van der Waals surface area (Å²) in [5.74, 6) is 0.991. The molecule has 6 heteroatoms. The molecule has 1 N–H and O–H groups in total. The summed E-state index contributed by atoms with van der Waals surface area (Å²) in [6.07, 6.45) is 3.28. The third kappa shape index (κ3) is 4.89. The molecule has 168 valence electrons. The summed E-state index contributed by atoms with van der Waals surface area (Å²) < 4.78 is 17.0. The van der Waals surface area contributed by atoms with Gasteiger partial charge in [0.1, 0.15) is 17.1 Å². The van der Waals surface area contributed by atoms with Crippen molar-refractivity contribution in [2.24, 2.45) is 0 Å². The average molecular weight is 462 g/mol. The standard InChI is InChI=1S/C27H24ClNO4/c1-4-32-25-15-26-21(22(16-33-26)18-9-11-19(28)12-10-18)14-20(25)17(2)13-27(30)29-23-7-5-6-8-24(23)31-3/h5-16H,4H2,1-3H3,(H,29,30)/b17-13+. The Morgan fingerprint density at radius 2 is 1.85 bits per heavy atom. The summed E-state index contributed by atoms with van der Waals surface area (Å²) >= 11 is 6.05. The average Bonchev–Trinajstić information content (AvgIpc) is 3.22. The number of para-hydroxylation sites is 2. The third-order valence-corrected chi connectivity index (χ3v) is 5.52. The lowest BCUT2D eigenvalue weighted by Gasteiger charge is -2.12. The zero-order valence-electron chi connectivity index (χ0n) is 18.6. The number of halogens is 1. The van der Waals surface area contributed by atoms with Gasteiger partial charge in [-0.2, -0.15) is 0 Å². The molecule has 33 heavy (non-hydrogen) atoms. The predicted octanol–water partition coefficient (Wildman–Crippen LogP) is 7.20. The number of benzene rings is 3. The van der Waals surface area contributed by atoms with Crippen LogP contribution in [0.25, 0.3) is 27.7 Å². The number of amides is 1. The van der Waals surface area contributed by atoms with Crippen LogP contribution in [0.3, 0.4) is 0 Å². The van der Waals surface area contributed by atoms with Crippen LogP contribution in [0.2, 0.25) is 5.02 Å². The summed E-state index contributed by atoms with van der Waals surface area (Å²) in [6.45, 7) is 4.29. The molecule has 0 atom stereocenters. The Morgan fingerprint density at radius 1 is 1.09 bits per heavy atom. The molecule has 0 aliphatic carbocycles. The zero-order valence-corrected chi connectivity index (χ0v) is 19.4. The number of allylic oxidation sites excluding steroid dienone is 1. The van der Waals surface area contributed by atoms with Gasteiger partial charge in [0.2, 0.25) is 5.91 Å². The van der Waals surface area contributed by atoms with Crippen LogP contribution < -0.4 is 14.8 Å². The fourth-order valence-electron chi connectivity index (χ4n) is 3.68. The maximum atomic E-state index is 12.8. The van der Waals surface area contributed by atoms with Crippen molar-refractivity contribution in [2.75, 3.05) is 19.0 Å². The third-order valence-electron chi connectivity index (χ3n) is 5.27. The van der Waals surface area contributed by atoms with Gasteiger partial charge in [0.15, 0.2) is 0 Å². The highest BCUT2D eigenvalue weighted by Crippen LogP contribution is 2.38. The first-order valence-corrected chi connectivity index (χ1v) is 10.9. The molecule has 0 bridgehead atoms. The number of rotatable bonds is 7. The Balaban J connectivity index is 1.72. The highest BCUT2D eigenvalue weighted by atomic mass is 35.5. The number of methoxy groups -OCH3 is 1. The van der Waals surface area contributed by atoms with Gasteiger partial charge in [-0.1, -0.05) is 35.9 Å². The number of hydrogen-bond acceptors (Lipinski definition) is 4. The summed E-state index contributed by atoms with van der Waals surface area (Å²) in [6, 6.07) is 18.7. The molecule has 0 saturated heterocycles. The van der Waals surface area contributed by atoms with Crippen molar-refractivity contribution in [3.8, 4) is 22.6 Å². The van der Waals surface area contributed by atoms with Crippen LogP contribution in [-0.2, 0) is 4.79 Å². The predicted molar refractivity (Wildman–Crippen MR) is 133 cm³/mol. The summed E-state index contributed by atoms with van der Waals surface area (Å²) in [5, 5.41) is 4.47.